The SMILES string of the molecule is Fc1cc(CCCN2CCCC2)cc(-c2ccnc3nc(-c4n[nH]c5cnc(-c6cncc(CN7CCC(F)(F)C7)c6)cc45)[nH]c23)c1. The van der Waals surface area contributed by atoms with Crippen molar-refractivity contribution in [2.45, 2.75) is 44.6 Å². The predicted octanol–water partition coefficient (Wildman–Crippen LogP) is 6.63. The van der Waals surface area contributed by atoms with E-state index < -0.39 is 5.92 Å². The highest BCUT2D eigenvalue weighted by Gasteiger charge is 2.38. The maximum Gasteiger partial charge on any atom is 0.261 e. The van der Waals surface area contributed by atoms with E-state index >= 15 is 0 Å². The summed E-state index contributed by atoms with van der Waals surface area (Å²) in [6.07, 6.45) is 11.0. The highest BCUT2D eigenvalue weighted by molar-refractivity contribution is 5.96. The molecule has 0 unspecified atom stereocenters. The molecule has 0 atom stereocenters. The number of aryl methyl sites for hydroxylation is 1. The van der Waals surface area contributed by atoms with Crippen LogP contribution in [0.1, 0.15) is 36.8 Å². The van der Waals surface area contributed by atoms with Crippen molar-refractivity contribution in [2.24, 2.45) is 0 Å². The highest BCUT2D eigenvalue weighted by Crippen LogP contribution is 2.33. The number of nitrogens with zero attached hydrogens (tertiary/aromatic N) is 7. The first-order valence-electron chi connectivity index (χ1n) is 16.1. The van der Waals surface area contributed by atoms with E-state index in [1.807, 2.05) is 18.2 Å². The molecular formula is C35H34F3N9. The first-order valence-corrected chi connectivity index (χ1v) is 16.1. The average Bonchev–Trinajstić information content (AvgIpc) is 3.87. The highest BCUT2D eigenvalue weighted by atomic mass is 19.3. The number of fused-ring (bicyclic) bond motifs is 2. The largest absolute Gasteiger partial charge is 0.335 e. The smallest absolute Gasteiger partial charge is 0.261 e. The third-order valence-corrected chi connectivity index (χ3v) is 9.22. The Hall–Kier alpha value is -4.68. The van der Waals surface area contributed by atoms with Gasteiger partial charge in [-0.25, -0.2) is 23.1 Å². The van der Waals surface area contributed by atoms with Crippen LogP contribution in [0.2, 0.25) is 0 Å². The van der Waals surface area contributed by atoms with Gasteiger partial charge in [-0.2, -0.15) is 5.10 Å². The van der Waals surface area contributed by atoms with Gasteiger partial charge < -0.3 is 9.88 Å². The minimum atomic E-state index is -2.64. The summed E-state index contributed by atoms with van der Waals surface area (Å²) in [6, 6.07) is 11.0. The van der Waals surface area contributed by atoms with E-state index in [1.165, 1.54) is 12.8 Å². The molecule has 7 heterocycles. The summed E-state index contributed by atoms with van der Waals surface area (Å²) < 4.78 is 42.3. The Morgan fingerprint density at radius 2 is 1.77 bits per heavy atom. The number of aromatic nitrogens is 7. The number of halogens is 3. The monoisotopic (exact) mass is 637 g/mol. The molecule has 47 heavy (non-hydrogen) atoms. The van der Waals surface area contributed by atoms with Gasteiger partial charge in [-0.1, -0.05) is 6.07 Å². The third kappa shape index (κ3) is 6.22. The molecule has 0 spiro atoms. The molecule has 2 fully saturated rings. The zero-order valence-corrected chi connectivity index (χ0v) is 25.8. The zero-order chi connectivity index (χ0) is 32.0. The van der Waals surface area contributed by atoms with Crippen LogP contribution in [0.25, 0.3) is 56.0 Å². The molecule has 0 radical (unpaired) electrons. The standard InChI is InChI=1S/C35H34F3N9/c36-26-14-22(4-3-10-46-8-1-2-9-46)12-24(15-26)27-5-7-40-33-31(27)42-34(43-33)32-28-16-29(41-19-30(28)44-45-32)25-13-23(17-39-18-25)20-47-11-6-35(37,38)21-47/h5,7,12-19H,1-4,6,8-11,20-21H2,(H,44,45)(H,40,42,43). The second-order valence-electron chi connectivity index (χ2n) is 12.7. The molecule has 0 amide bonds. The number of likely N-dealkylation sites (tertiary alicyclic amines) is 2. The van der Waals surface area contributed by atoms with Crippen LogP contribution in [0.3, 0.4) is 0 Å². The Balaban J connectivity index is 1.08. The lowest BCUT2D eigenvalue weighted by molar-refractivity contribution is 0.0115. The van der Waals surface area contributed by atoms with Gasteiger partial charge in [0.05, 0.1) is 29.5 Å². The van der Waals surface area contributed by atoms with E-state index in [4.69, 9.17) is 4.98 Å². The van der Waals surface area contributed by atoms with Gasteiger partial charge >= 0.3 is 0 Å². The molecular weight excluding hydrogens is 603 g/mol. The van der Waals surface area contributed by atoms with E-state index in [9.17, 15) is 13.2 Å². The molecule has 2 N–H and O–H groups in total. The molecule has 8 rings (SSSR count). The van der Waals surface area contributed by atoms with Crippen LogP contribution in [0.5, 0.6) is 0 Å². The second kappa shape index (κ2) is 12.2. The minimum absolute atomic E-state index is 0.122. The van der Waals surface area contributed by atoms with E-state index in [0.717, 1.165) is 71.2 Å². The van der Waals surface area contributed by atoms with Crippen LogP contribution in [0.4, 0.5) is 13.2 Å². The number of aromatic amines is 2. The van der Waals surface area contributed by atoms with Crippen molar-refractivity contribution in [3.8, 4) is 33.9 Å². The van der Waals surface area contributed by atoms with Crippen LogP contribution in [0, 0.1) is 5.82 Å². The predicted molar refractivity (Wildman–Crippen MR) is 174 cm³/mol. The molecule has 0 aliphatic carbocycles. The third-order valence-electron chi connectivity index (χ3n) is 9.22. The first kappa shape index (κ1) is 29.7. The van der Waals surface area contributed by atoms with E-state index in [-0.39, 0.29) is 18.8 Å². The van der Waals surface area contributed by atoms with Crippen LogP contribution in [-0.2, 0) is 13.0 Å². The molecule has 2 aliphatic heterocycles. The average molecular weight is 638 g/mol. The summed E-state index contributed by atoms with van der Waals surface area (Å²) in [7, 11) is 0. The zero-order valence-electron chi connectivity index (χ0n) is 25.8. The topological polar surface area (TPSA) is 103 Å². The van der Waals surface area contributed by atoms with Gasteiger partial charge in [0, 0.05) is 54.6 Å². The van der Waals surface area contributed by atoms with E-state index in [0.29, 0.717) is 41.5 Å². The molecule has 2 saturated heterocycles. The Kier molecular flexibility index (Phi) is 7.69. The lowest BCUT2D eigenvalue weighted by Gasteiger charge is -2.15. The Labute approximate surface area is 269 Å². The summed E-state index contributed by atoms with van der Waals surface area (Å²) in [5.74, 6) is -2.39. The maximum atomic E-state index is 14.9. The molecule has 1 aromatic carbocycles. The molecule has 2 aliphatic rings. The second-order valence-corrected chi connectivity index (χ2v) is 12.7. The fourth-order valence-electron chi connectivity index (χ4n) is 6.90. The summed E-state index contributed by atoms with van der Waals surface area (Å²) in [4.78, 5) is 25.9. The van der Waals surface area contributed by atoms with Crippen LogP contribution < -0.4 is 0 Å². The van der Waals surface area contributed by atoms with Crippen molar-refractivity contribution in [1.29, 1.82) is 0 Å². The normalized spacial score (nSPS) is 17.0. The van der Waals surface area contributed by atoms with Crippen LogP contribution in [0.15, 0.2) is 61.2 Å². The molecule has 0 bridgehead atoms. The number of imidazole rings is 1. The number of hydrogen-bond donors (Lipinski definition) is 2. The van der Waals surface area contributed by atoms with Crippen molar-refractivity contribution in [3.63, 3.8) is 0 Å². The summed E-state index contributed by atoms with van der Waals surface area (Å²) in [6.45, 7) is 3.86. The Morgan fingerprint density at radius 3 is 2.62 bits per heavy atom. The van der Waals surface area contributed by atoms with Crippen molar-refractivity contribution < 1.29 is 13.2 Å². The number of benzene rings is 1. The number of hydrogen-bond acceptors (Lipinski definition) is 7. The first-order chi connectivity index (χ1) is 22.9. The summed E-state index contributed by atoms with van der Waals surface area (Å²) in [5.41, 5.74) is 7.38. The van der Waals surface area contributed by atoms with E-state index in [1.54, 1.807) is 41.8 Å². The van der Waals surface area contributed by atoms with Gasteiger partial charge in [0.2, 0.25) is 0 Å². The molecule has 0 saturated carbocycles. The number of alkyl halides is 2. The molecule has 12 heteroatoms. The molecule has 6 aromatic rings. The fourth-order valence-corrected chi connectivity index (χ4v) is 6.90. The van der Waals surface area contributed by atoms with Gasteiger partial charge in [0.1, 0.15) is 11.5 Å². The van der Waals surface area contributed by atoms with Gasteiger partial charge in [-0.05, 0) is 92.3 Å². The Bertz CT molecular complexity index is 2060. The number of pyridine rings is 3. The van der Waals surface area contributed by atoms with Crippen molar-refractivity contribution in [1.82, 2.24) is 44.9 Å². The number of nitrogens with one attached hydrogen (secondary N) is 2. The Morgan fingerprint density at radius 1 is 0.894 bits per heavy atom. The summed E-state index contributed by atoms with van der Waals surface area (Å²) in [5, 5.41) is 8.38. The molecule has 5 aromatic heterocycles. The van der Waals surface area contributed by atoms with Gasteiger partial charge in [0.25, 0.3) is 5.92 Å². The number of rotatable bonds is 9. The lowest BCUT2D eigenvalue weighted by atomic mass is 10.0. The van der Waals surface area contributed by atoms with Crippen LogP contribution in [-0.4, -0.2) is 83.6 Å². The van der Waals surface area contributed by atoms with Crippen molar-refractivity contribution in [3.05, 3.63) is 78.1 Å². The number of H-pyrrole nitrogens is 2. The van der Waals surface area contributed by atoms with E-state index in [2.05, 4.69) is 41.1 Å². The van der Waals surface area contributed by atoms with Gasteiger partial charge in [-0.3, -0.25) is 20.0 Å². The van der Waals surface area contributed by atoms with Crippen LogP contribution >= 0.6 is 0 Å². The summed E-state index contributed by atoms with van der Waals surface area (Å²) >= 11 is 0. The van der Waals surface area contributed by atoms with Crippen molar-refractivity contribution >= 4 is 22.1 Å². The van der Waals surface area contributed by atoms with Gasteiger partial charge in [0.15, 0.2) is 11.5 Å². The maximum absolute atomic E-state index is 14.9. The molecule has 240 valence electrons. The molecule has 9 nitrogen and oxygen atoms in total. The fraction of sp³-hybridized carbons (Fsp3) is 0.343. The lowest BCUT2D eigenvalue weighted by Crippen LogP contribution is -2.24. The van der Waals surface area contributed by atoms with Gasteiger partial charge in [-0.15, -0.1) is 0 Å². The quantitative estimate of drug-likeness (QED) is 0.183. The minimum Gasteiger partial charge on any atom is -0.335 e. The van der Waals surface area contributed by atoms with Crippen molar-refractivity contribution in [2.75, 3.05) is 32.7 Å².